The Hall–Kier alpha value is -3.69. The van der Waals surface area contributed by atoms with Gasteiger partial charge in [0.2, 0.25) is 5.91 Å². The van der Waals surface area contributed by atoms with Gasteiger partial charge in [-0.05, 0) is 62.8 Å². The topological polar surface area (TPSA) is 114 Å². The lowest BCUT2D eigenvalue weighted by molar-refractivity contribution is -0.143. The van der Waals surface area contributed by atoms with Crippen molar-refractivity contribution >= 4 is 33.7 Å². The number of carbonyl (C=O) groups is 3. The van der Waals surface area contributed by atoms with Crippen molar-refractivity contribution in [1.29, 1.82) is 0 Å². The third kappa shape index (κ3) is 7.02. The van der Waals surface area contributed by atoms with Crippen molar-refractivity contribution in [3.05, 3.63) is 47.5 Å². The summed E-state index contributed by atoms with van der Waals surface area (Å²) in [4.78, 5) is 34.2. The molecule has 2 aromatic carbocycles. The van der Waals surface area contributed by atoms with Gasteiger partial charge in [-0.3, -0.25) is 14.4 Å². The Bertz CT molecular complexity index is 1420. The Morgan fingerprint density at radius 1 is 0.881 bits per heavy atom. The van der Waals surface area contributed by atoms with E-state index in [0.717, 1.165) is 12.1 Å². The molecule has 2 amide bonds. The number of benzene rings is 2. The maximum atomic E-state index is 14.7. The van der Waals surface area contributed by atoms with Crippen LogP contribution in [0.1, 0.15) is 48.9 Å². The van der Waals surface area contributed by atoms with Crippen LogP contribution in [0.25, 0.3) is 0 Å². The molecule has 42 heavy (non-hydrogen) atoms. The van der Waals surface area contributed by atoms with E-state index in [2.05, 4.69) is 10.6 Å². The second-order valence-electron chi connectivity index (χ2n) is 10.3. The lowest BCUT2D eigenvalue weighted by atomic mass is 9.78. The Labute approximate surface area is 235 Å². The molecular formula is C26H27F7N2O6S. The number of halogens is 7. The van der Waals surface area contributed by atoms with Gasteiger partial charge in [0.25, 0.3) is 5.91 Å². The fraction of sp³-hybridized carbons (Fsp3) is 0.423. The highest BCUT2D eigenvalue weighted by Gasteiger charge is 2.67. The van der Waals surface area contributed by atoms with Crippen LogP contribution in [0.2, 0.25) is 0 Å². The molecule has 2 aliphatic rings. The minimum absolute atomic E-state index is 0.141. The summed E-state index contributed by atoms with van der Waals surface area (Å²) in [7, 11) is -9.17. The number of anilines is 1. The third-order valence-electron chi connectivity index (χ3n) is 7.36. The monoisotopic (exact) mass is 628 g/mol. The molecule has 16 heteroatoms. The SMILES string of the molecule is COc1cc(F)c(OC2CCC(C(=O)O)CC2)cc1C(=O)NC1CCC1C(=O)Nc1ccc(F)c(S(F)(F)(F)(F)F)c1. The number of methoxy groups -OCH3 is 1. The number of ether oxygens (including phenoxy) is 2. The molecule has 0 radical (unpaired) electrons. The minimum atomic E-state index is -10.4. The first kappa shape index (κ1) is 31.3. The summed E-state index contributed by atoms with van der Waals surface area (Å²) in [6.07, 6.45) is 1.40. The van der Waals surface area contributed by atoms with E-state index in [4.69, 9.17) is 14.6 Å². The highest BCUT2D eigenvalue weighted by Crippen LogP contribution is 3.02. The van der Waals surface area contributed by atoms with E-state index in [9.17, 15) is 42.6 Å². The minimum Gasteiger partial charge on any atom is -0.496 e. The van der Waals surface area contributed by atoms with Gasteiger partial charge in [0.1, 0.15) is 16.5 Å². The highest BCUT2D eigenvalue weighted by molar-refractivity contribution is 8.45. The summed E-state index contributed by atoms with van der Waals surface area (Å²) in [6, 6.07) is 1.91. The number of aliphatic carboxylic acids is 1. The largest absolute Gasteiger partial charge is 0.496 e. The first-order valence-corrected chi connectivity index (χ1v) is 14.7. The maximum absolute atomic E-state index is 14.7. The van der Waals surface area contributed by atoms with Crippen molar-refractivity contribution in [2.24, 2.45) is 11.8 Å². The van der Waals surface area contributed by atoms with Crippen molar-refractivity contribution in [1.82, 2.24) is 5.32 Å². The van der Waals surface area contributed by atoms with Crippen molar-refractivity contribution in [3.63, 3.8) is 0 Å². The number of carboxylic acid groups (broad SMARTS) is 1. The number of rotatable bonds is 9. The number of carbonyl (C=O) groups excluding carboxylic acids is 2. The van der Waals surface area contributed by atoms with Crippen LogP contribution >= 0.6 is 10.2 Å². The van der Waals surface area contributed by atoms with Crippen molar-refractivity contribution in [2.45, 2.75) is 55.6 Å². The lowest BCUT2D eigenvalue weighted by Crippen LogP contribution is -2.51. The summed E-state index contributed by atoms with van der Waals surface area (Å²) in [6.45, 7) is 0. The summed E-state index contributed by atoms with van der Waals surface area (Å²) in [5, 5.41) is 13.8. The van der Waals surface area contributed by atoms with Crippen molar-refractivity contribution in [2.75, 3.05) is 12.4 Å². The quantitative estimate of drug-likeness (QED) is 0.263. The standard InChI is InChI=1S/C26H27F7N2O6S/c1-40-21-12-19(28)22(41-15-5-2-13(3-6-15)26(38)39)11-17(21)25(37)35-20-9-7-16(20)24(36)34-14-4-8-18(27)23(10-14)42(29,30,31,32)33/h4,8,10-13,15-16,20H,2-3,5-7,9H2,1H3,(H,34,36)(H,35,37)(H,38,39). The van der Waals surface area contributed by atoms with Crippen LogP contribution in [-0.4, -0.2) is 42.1 Å². The van der Waals surface area contributed by atoms with E-state index in [1.54, 1.807) is 0 Å². The Kier molecular flexibility index (Phi) is 7.84. The smallest absolute Gasteiger partial charge is 0.313 e. The van der Waals surface area contributed by atoms with Crippen LogP contribution in [0.15, 0.2) is 35.2 Å². The zero-order chi connectivity index (χ0) is 31.1. The maximum Gasteiger partial charge on any atom is 0.313 e. The molecule has 2 saturated carbocycles. The molecule has 4 rings (SSSR count). The van der Waals surface area contributed by atoms with E-state index in [1.165, 1.54) is 7.11 Å². The molecule has 232 valence electrons. The Morgan fingerprint density at radius 2 is 1.55 bits per heavy atom. The zero-order valence-corrected chi connectivity index (χ0v) is 22.8. The number of hydrogen-bond donors (Lipinski definition) is 3. The molecule has 0 bridgehead atoms. The number of amides is 2. The molecule has 3 N–H and O–H groups in total. The predicted octanol–water partition coefficient (Wildman–Crippen LogP) is 6.80. The normalized spacial score (nSPS) is 23.9. The van der Waals surface area contributed by atoms with Crippen LogP contribution in [0.5, 0.6) is 11.5 Å². The molecule has 2 fully saturated rings. The van der Waals surface area contributed by atoms with Gasteiger partial charge in [-0.1, -0.05) is 19.4 Å². The average molecular weight is 629 g/mol. The zero-order valence-electron chi connectivity index (χ0n) is 22.0. The van der Waals surface area contributed by atoms with Gasteiger partial charge in [0.15, 0.2) is 11.6 Å². The number of nitrogens with one attached hydrogen (secondary N) is 2. The first-order valence-electron chi connectivity index (χ1n) is 12.8. The molecule has 2 aromatic rings. The first-order chi connectivity index (χ1) is 19.4. The van der Waals surface area contributed by atoms with Gasteiger partial charge >= 0.3 is 16.2 Å². The van der Waals surface area contributed by atoms with Crippen LogP contribution in [0.4, 0.5) is 33.9 Å². The fourth-order valence-corrected chi connectivity index (χ4v) is 5.71. The van der Waals surface area contributed by atoms with Gasteiger partial charge in [-0.15, -0.1) is 0 Å². The molecule has 2 aliphatic carbocycles. The van der Waals surface area contributed by atoms with Crippen LogP contribution in [0, 0.1) is 23.5 Å². The van der Waals surface area contributed by atoms with Crippen LogP contribution < -0.4 is 20.1 Å². The van der Waals surface area contributed by atoms with E-state index >= 15 is 0 Å². The van der Waals surface area contributed by atoms with Crippen molar-refractivity contribution in [3.8, 4) is 11.5 Å². The number of hydrogen-bond acceptors (Lipinski definition) is 5. The molecule has 8 nitrogen and oxygen atoms in total. The molecule has 0 heterocycles. The Balaban J connectivity index is 1.44. The molecule has 0 saturated heterocycles. The third-order valence-corrected chi connectivity index (χ3v) is 8.50. The molecule has 0 aromatic heterocycles. The van der Waals surface area contributed by atoms with Crippen LogP contribution in [-0.2, 0) is 9.59 Å². The van der Waals surface area contributed by atoms with E-state index in [-0.39, 0.29) is 42.0 Å². The van der Waals surface area contributed by atoms with Gasteiger partial charge in [-0.25, -0.2) is 8.78 Å². The number of carboxylic acids is 1. The van der Waals surface area contributed by atoms with E-state index in [0.29, 0.717) is 31.7 Å². The van der Waals surface area contributed by atoms with Crippen LogP contribution in [0.3, 0.4) is 0 Å². The van der Waals surface area contributed by atoms with Gasteiger partial charge in [0.05, 0.1) is 30.6 Å². The summed E-state index contributed by atoms with van der Waals surface area (Å²) >= 11 is 0. The summed E-state index contributed by atoms with van der Waals surface area (Å²) in [5.74, 6) is -7.50. The van der Waals surface area contributed by atoms with E-state index in [1.807, 2.05) is 0 Å². The molecule has 2 unspecified atom stereocenters. The lowest BCUT2D eigenvalue weighted by Gasteiger charge is -2.40. The van der Waals surface area contributed by atoms with E-state index < -0.39 is 74.2 Å². The van der Waals surface area contributed by atoms with Gasteiger partial charge in [0, 0.05) is 17.8 Å². The van der Waals surface area contributed by atoms with Crippen molar-refractivity contribution < 1.29 is 57.2 Å². The summed E-state index contributed by atoms with van der Waals surface area (Å²) < 4.78 is 105. The molecule has 0 aliphatic heterocycles. The Morgan fingerprint density at radius 3 is 2.10 bits per heavy atom. The molecule has 0 spiro atoms. The summed E-state index contributed by atoms with van der Waals surface area (Å²) in [5.41, 5.74) is -0.848. The van der Waals surface area contributed by atoms with Gasteiger partial charge in [-0.2, -0.15) is 0 Å². The average Bonchev–Trinajstić information content (AvgIpc) is 2.87. The second-order valence-corrected chi connectivity index (χ2v) is 12.7. The molecule has 2 atom stereocenters. The fourth-order valence-electron chi connectivity index (χ4n) is 4.92. The van der Waals surface area contributed by atoms with Gasteiger partial charge < -0.3 is 25.2 Å². The molecular weight excluding hydrogens is 601 g/mol. The highest BCUT2D eigenvalue weighted by atomic mass is 32.5. The predicted molar refractivity (Wildman–Crippen MR) is 137 cm³/mol. The second kappa shape index (κ2) is 10.5.